The summed E-state index contributed by atoms with van der Waals surface area (Å²) in [7, 11) is 0. The summed E-state index contributed by atoms with van der Waals surface area (Å²) in [6.07, 6.45) is -0.0286. The summed E-state index contributed by atoms with van der Waals surface area (Å²) < 4.78 is 0. The first-order chi connectivity index (χ1) is 4.63. The van der Waals surface area contributed by atoms with Crippen molar-refractivity contribution >= 4 is 6.29 Å². The largest absolute Gasteiger partial charge is 0.396 e. The highest BCUT2D eigenvalue weighted by Gasteiger charge is 2.19. The zero-order chi connectivity index (χ0) is 8.15. The second-order valence-electron chi connectivity index (χ2n) is 2.65. The smallest absolute Gasteiger partial charge is 0.125 e. The third-order valence-electron chi connectivity index (χ3n) is 1.62. The van der Waals surface area contributed by atoms with Crippen molar-refractivity contribution in [1.82, 2.24) is 0 Å². The van der Waals surface area contributed by atoms with E-state index in [1.165, 1.54) is 0 Å². The summed E-state index contributed by atoms with van der Waals surface area (Å²) in [4.78, 5) is 10.1. The fourth-order valence-electron chi connectivity index (χ4n) is 0.707. The van der Waals surface area contributed by atoms with Crippen LogP contribution in [0.15, 0.2) is 0 Å². The van der Waals surface area contributed by atoms with E-state index in [4.69, 9.17) is 5.11 Å². The molecule has 60 valence electrons. The Morgan fingerprint density at radius 2 is 2.00 bits per heavy atom. The number of carbonyl (C=O) groups is 1. The van der Waals surface area contributed by atoms with Crippen molar-refractivity contribution in [2.45, 2.75) is 20.0 Å². The van der Waals surface area contributed by atoms with Gasteiger partial charge in [-0.2, -0.15) is 0 Å². The Balaban J connectivity index is 3.80. The maximum atomic E-state index is 10.1. The van der Waals surface area contributed by atoms with E-state index >= 15 is 0 Å². The second-order valence-corrected chi connectivity index (χ2v) is 2.65. The second kappa shape index (κ2) is 4.41. The quantitative estimate of drug-likeness (QED) is 0.540. The maximum Gasteiger partial charge on any atom is 0.125 e. The van der Waals surface area contributed by atoms with Gasteiger partial charge in [0.1, 0.15) is 6.29 Å². The summed E-state index contributed by atoms with van der Waals surface area (Å²) in [5.41, 5.74) is 0. The van der Waals surface area contributed by atoms with Gasteiger partial charge in [0.25, 0.3) is 0 Å². The molecular weight excluding hydrogens is 132 g/mol. The Morgan fingerprint density at radius 3 is 2.30 bits per heavy atom. The number of aliphatic hydroxyl groups is 2. The summed E-state index contributed by atoms with van der Waals surface area (Å²) >= 11 is 0. The van der Waals surface area contributed by atoms with Gasteiger partial charge < -0.3 is 15.0 Å². The number of rotatable bonds is 4. The normalized spacial score (nSPS) is 19.6. The van der Waals surface area contributed by atoms with Gasteiger partial charge >= 0.3 is 0 Å². The monoisotopic (exact) mass is 146 g/mol. The van der Waals surface area contributed by atoms with E-state index in [0.29, 0.717) is 6.29 Å². The van der Waals surface area contributed by atoms with Crippen LogP contribution in [0.1, 0.15) is 13.8 Å². The third kappa shape index (κ3) is 2.45. The lowest BCUT2D eigenvalue weighted by atomic mass is 9.95. The molecule has 0 aliphatic rings. The van der Waals surface area contributed by atoms with Crippen molar-refractivity contribution in [2.24, 2.45) is 11.8 Å². The molecule has 2 N–H and O–H groups in total. The molecular formula is C7H14O3. The van der Waals surface area contributed by atoms with Crippen molar-refractivity contribution in [3.05, 3.63) is 0 Å². The van der Waals surface area contributed by atoms with Gasteiger partial charge in [-0.1, -0.05) is 13.8 Å². The van der Waals surface area contributed by atoms with E-state index in [-0.39, 0.29) is 18.4 Å². The molecule has 10 heavy (non-hydrogen) atoms. The molecule has 0 aromatic heterocycles. The zero-order valence-electron chi connectivity index (χ0n) is 6.32. The fourth-order valence-corrected chi connectivity index (χ4v) is 0.707. The van der Waals surface area contributed by atoms with E-state index in [1.807, 2.05) is 0 Å². The molecule has 0 bridgehead atoms. The average Bonchev–Trinajstić information content (AvgIpc) is 2.00. The van der Waals surface area contributed by atoms with Crippen molar-refractivity contribution in [3.8, 4) is 0 Å². The maximum absolute atomic E-state index is 10.1. The molecule has 0 saturated heterocycles. The number of aliphatic hydroxyl groups excluding tert-OH is 2. The Kier molecular flexibility index (Phi) is 4.23. The molecule has 0 aromatic carbocycles. The van der Waals surface area contributed by atoms with Gasteiger partial charge in [-0.25, -0.2) is 0 Å². The lowest BCUT2D eigenvalue weighted by Gasteiger charge is -2.18. The highest BCUT2D eigenvalue weighted by atomic mass is 16.3. The molecule has 0 aliphatic heterocycles. The van der Waals surface area contributed by atoms with Crippen molar-refractivity contribution in [3.63, 3.8) is 0 Å². The number of carbonyl (C=O) groups excluding carboxylic acids is 1. The molecule has 3 atom stereocenters. The molecule has 0 amide bonds. The number of hydrogen-bond donors (Lipinski definition) is 2. The molecule has 0 spiro atoms. The standard InChI is InChI=1S/C7H14O3/c1-5(3-8)7(10)6(2)4-9/h3,5-7,9-10H,4H2,1-2H3. The van der Waals surface area contributed by atoms with E-state index in [9.17, 15) is 9.90 Å². The van der Waals surface area contributed by atoms with Crippen LogP contribution in [0.25, 0.3) is 0 Å². The summed E-state index contributed by atoms with van der Waals surface area (Å²) in [5.74, 6) is -0.609. The minimum atomic E-state index is -0.720. The molecule has 0 radical (unpaired) electrons. The highest BCUT2D eigenvalue weighted by Crippen LogP contribution is 2.09. The fraction of sp³-hybridized carbons (Fsp3) is 0.857. The average molecular weight is 146 g/mol. The molecule has 0 saturated carbocycles. The lowest BCUT2D eigenvalue weighted by molar-refractivity contribution is -0.115. The van der Waals surface area contributed by atoms with Gasteiger partial charge in [-0.3, -0.25) is 0 Å². The Labute approximate surface area is 60.7 Å². The molecule has 0 rings (SSSR count). The predicted octanol–water partition coefficient (Wildman–Crippen LogP) is -0.189. The van der Waals surface area contributed by atoms with Gasteiger partial charge in [0.05, 0.1) is 6.10 Å². The van der Waals surface area contributed by atoms with Crippen LogP contribution in [0.5, 0.6) is 0 Å². The predicted molar refractivity (Wildman–Crippen MR) is 37.5 cm³/mol. The topological polar surface area (TPSA) is 57.5 Å². The van der Waals surface area contributed by atoms with Crippen LogP contribution in [-0.4, -0.2) is 29.2 Å². The minimum absolute atomic E-state index is 0.0840. The lowest BCUT2D eigenvalue weighted by Crippen LogP contribution is -2.28. The molecule has 3 heteroatoms. The van der Waals surface area contributed by atoms with Crippen LogP contribution in [0, 0.1) is 11.8 Å². The van der Waals surface area contributed by atoms with Crippen LogP contribution >= 0.6 is 0 Å². The SMILES string of the molecule is CC(C=O)C(O)C(C)CO. The highest BCUT2D eigenvalue weighted by molar-refractivity contribution is 5.53. The van der Waals surface area contributed by atoms with Crippen molar-refractivity contribution < 1.29 is 15.0 Å². The van der Waals surface area contributed by atoms with Crippen LogP contribution < -0.4 is 0 Å². The first-order valence-corrected chi connectivity index (χ1v) is 3.37. The van der Waals surface area contributed by atoms with E-state index in [0.717, 1.165) is 0 Å². The molecule has 0 heterocycles. The van der Waals surface area contributed by atoms with E-state index in [2.05, 4.69) is 0 Å². The Hall–Kier alpha value is -0.410. The zero-order valence-corrected chi connectivity index (χ0v) is 6.32. The first-order valence-electron chi connectivity index (χ1n) is 3.37. The molecule has 3 nitrogen and oxygen atoms in total. The first kappa shape index (κ1) is 9.59. The molecule has 0 aromatic rings. The number of aldehydes is 1. The molecule has 0 fully saturated rings. The van der Waals surface area contributed by atoms with Crippen molar-refractivity contribution in [1.29, 1.82) is 0 Å². The minimum Gasteiger partial charge on any atom is -0.396 e. The summed E-state index contributed by atoms with van der Waals surface area (Å²) in [6.45, 7) is 3.24. The van der Waals surface area contributed by atoms with E-state index in [1.54, 1.807) is 13.8 Å². The van der Waals surface area contributed by atoms with Gasteiger partial charge in [0, 0.05) is 18.4 Å². The Bertz CT molecular complexity index is 103. The van der Waals surface area contributed by atoms with Crippen LogP contribution in [0.2, 0.25) is 0 Å². The van der Waals surface area contributed by atoms with Gasteiger partial charge in [-0.05, 0) is 0 Å². The van der Waals surface area contributed by atoms with Crippen LogP contribution in [0.3, 0.4) is 0 Å². The van der Waals surface area contributed by atoms with Gasteiger partial charge in [0.15, 0.2) is 0 Å². The van der Waals surface area contributed by atoms with Crippen LogP contribution in [0.4, 0.5) is 0 Å². The van der Waals surface area contributed by atoms with Crippen LogP contribution in [-0.2, 0) is 4.79 Å². The Morgan fingerprint density at radius 1 is 1.50 bits per heavy atom. The molecule has 3 unspecified atom stereocenters. The van der Waals surface area contributed by atoms with E-state index < -0.39 is 6.10 Å². The summed E-state index contributed by atoms with van der Waals surface area (Å²) in [6, 6.07) is 0. The van der Waals surface area contributed by atoms with Gasteiger partial charge in [-0.15, -0.1) is 0 Å². The third-order valence-corrected chi connectivity index (χ3v) is 1.62. The summed E-state index contributed by atoms with van der Waals surface area (Å²) in [5, 5.41) is 17.8. The van der Waals surface area contributed by atoms with Gasteiger partial charge in [0.2, 0.25) is 0 Å². The number of hydrogen-bond acceptors (Lipinski definition) is 3. The molecule has 0 aliphatic carbocycles. The van der Waals surface area contributed by atoms with Crippen molar-refractivity contribution in [2.75, 3.05) is 6.61 Å².